The number of esters is 2. The van der Waals surface area contributed by atoms with Gasteiger partial charge < -0.3 is 19.3 Å². The van der Waals surface area contributed by atoms with E-state index in [0.717, 1.165) is 5.57 Å². The summed E-state index contributed by atoms with van der Waals surface area (Å²) >= 11 is 0. The fraction of sp³-hybridized carbons (Fsp3) is 0.500. The molecule has 0 spiro atoms. The van der Waals surface area contributed by atoms with Gasteiger partial charge in [0.2, 0.25) is 0 Å². The van der Waals surface area contributed by atoms with E-state index in [2.05, 4.69) is 9.47 Å². The molecule has 22 heavy (non-hydrogen) atoms. The maximum atomic E-state index is 11.0. The Bertz CT molecular complexity index is 434. The molecule has 0 radical (unpaired) electrons. The van der Waals surface area contributed by atoms with Crippen LogP contribution in [0.15, 0.2) is 36.0 Å². The van der Waals surface area contributed by atoms with E-state index in [0.29, 0.717) is 13.0 Å². The summed E-state index contributed by atoms with van der Waals surface area (Å²) in [6.45, 7) is 3.75. The zero-order valence-corrected chi connectivity index (χ0v) is 13.4. The maximum absolute atomic E-state index is 11.0. The summed E-state index contributed by atoms with van der Waals surface area (Å²) in [5.41, 5.74) is 0.825. The van der Waals surface area contributed by atoms with Crippen LogP contribution in [-0.2, 0) is 23.8 Å². The number of rotatable bonds is 9. The molecule has 0 rings (SSSR count). The number of aliphatic hydroxyl groups is 1. The van der Waals surface area contributed by atoms with Crippen molar-refractivity contribution in [2.24, 2.45) is 0 Å². The molecule has 0 aliphatic rings. The summed E-state index contributed by atoms with van der Waals surface area (Å²) in [4.78, 5) is 21.9. The molecule has 0 aliphatic carbocycles. The van der Waals surface area contributed by atoms with Gasteiger partial charge >= 0.3 is 11.9 Å². The maximum Gasteiger partial charge on any atom is 0.330 e. The van der Waals surface area contributed by atoms with Gasteiger partial charge in [-0.1, -0.05) is 23.8 Å². The van der Waals surface area contributed by atoms with Gasteiger partial charge in [0, 0.05) is 12.2 Å². The Balaban J connectivity index is 4.34. The van der Waals surface area contributed by atoms with E-state index in [1.165, 1.54) is 32.4 Å². The summed E-state index contributed by atoms with van der Waals surface area (Å²) < 4.78 is 14.5. The molecule has 0 aromatic heterocycles. The zero-order chi connectivity index (χ0) is 17.0. The third-order valence-electron chi connectivity index (χ3n) is 2.69. The number of aliphatic hydroxyl groups excluding tert-OH is 1. The van der Waals surface area contributed by atoms with Gasteiger partial charge in [-0.3, -0.25) is 0 Å². The van der Waals surface area contributed by atoms with Gasteiger partial charge in [0.15, 0.2) is 0 Å². The number of allylic oxidation sites excluding steroid dienone is 2. The highest BCUT2D eigenvalue weighted by Crippen LogP contribution is 2.06. The summed E-state index contributed by atoms with van der Waals surface area (Å²) in [7, 11) is 2.61. The van der Waals surface area contributed by atoms with Crippen molar-refractivity contribution in [1.29, 1.82) is 0 Å². The van der Waals surface area contributed by atoms with Crippen molar-refractivity contribution in [2.75, 3.05) is 20.8 Å². The Kier molecular flexibility index (Phi) is 10.7. The molecule has 0 aromatic rings. The summed E-state index contributed by atoms with van der Waals surface area (Å²) in [5, 5.41) is 9.63. The molecular weight excluding hydrogens is 288 g/mol. The van der Waals surface area contributed by atoms with Crippen LogP contribution in [-0.4, -0.2) is 50.1 Å². The first-order valence-electron chi connectivity index (χ1n) is 6.88. The fourth-order valence-electron chi connectivity index (χ4n) is 1.42. The number of hydrogen-bond acceptors (Lipinski definition) is 6. The summed E-state index contributed by atoms with van der Waals surface area (Å²) in [6.07, 6.45) is 6.75. The summed E-state index contributed by atoms with van der Waals surface area (Å²) in [5.74, 6) is -0.861. The lowest BCUT2D eigenvalue weighted by Gasteiger charge is -2.17. The molecule has 1 unspecified atom stereocenters. The van der Waals surface area contributed by atoms with Gasteiger partial charge in [0.05, 0.1) is 26.9 Å². The standard InChI is InChI=1S/C16H24O6/c1-12(11-16(19)21-4)9-10-22-14(13(2)17)7-5-6-8-15(18)20-3/h5-8,11,13-14,17H,9-10H2,1-4H3/b7-5+,8-6+,12-11+/t13?,14-/m1/s1. The van der Waals surface area contributed by atoms with E-state index in [1.54, 1.807) is 26.0 Å². The normalized spacial score (nSPS) is 15.0. The van der Waals surface area contributed by atoms with Crippen molar-refractivity contribution in [3.05, 3.63) is 36.0 Å². The second-order valence-corrected chi connectivity index (χ2v) is 4.61. The van der Waals surface area contributed by atoms with Crippen LogP contribution in [0.1, 0.15) is 20.3 Å². The minimum atomic E-state index is -0.701. The van der Waals surface area contributed by atoms with Crippen LogP contribution in [0.5, 0.6) is 0 Å². The Morgan fingerprint density at radius 3 is 2.32 bits per heavy atom. The lowest BCUT2D eigenvalue weighted by Crippen LogP contribution is -2.24. The van der Waals surface area contributed by atoms with Crippen LogP contribution < -0.4 is 0 Å². The molecule has 1 N–H and O–H groups in total. The van der Waals surface area contributed by atoms with Crippen LogP contribution in [0.2, 0.25) is 0 Å². The van der Waals surface area contributed by atoms with Gasteiger partial charge in [-0.05, 0) is 20.3 Å². The van der Waals surface area contributed by atoms with Crippen molar-refractivity contribution in [2.45, 2.75) is 32.5 Å². The molecule has 0 amide bonds. The van der Waals surface area contributed by atoms with E-state index in [1.807, 2.05) is 0 Å². The molecule has 0 saturated carbocycles. The number of hydrogen-bond donors (Lipinski definition) is 1. The highest BCUT2D eigenvalue weighted by molar-refractivity contribution is 5.82. The third-order valence-corrected chi connectivity index (χ3v) is 2.69. The van der Waals surface area contributed by atoms with Gasteiger partial charge in [-0.2, -0.15) is 0 Å². The highest BCUT2D eigenvalue weighted by atomic mass is 16.5. The molecular formula is C16H24O6. The molecule has 2 atom stereocenters. The van der Waals surface area contributed by atoms with E-state index >= 15 is 0 Å². The van der Waals surface area contributed by atoms with Gasteiger partial charge in [0.25, 0.3) is 0 Å². The lowest BCUT2D eigenvalue weighted by molar-refractivity contribution is -0.135. The van der Waals surface area contributed by atoms with Crippen LogP contribution in [0.4, 0.5) is 0 Å². The topological polar surface area (TPSA) is 82.1 Å². The van der Waals surface area contributed by atoms with E-state index in [9.17, 15) is 14.7 Å². The zero-order valence-electron chi connectivity index (χ0n) is 13.4. The second kappa shape index (κ2) is 11.7. The number of ether oxygens (including phenoxy) is 3. The van der Waals surface area contributed by atoms with Gasteiger partial charge in [0.1, 0.15) is 6.10 Å². The van der Waals surface area contributed by atoms with Crippen molar-refractivity contribution in [3.8, 4) is 0 Å². The number of carbonyl (C=O) groups excluding carboxylic acids is 2. The molecule has 6 heteroatoms. The van der Waals surface area contributed by atoms with Crippen molar-refractivity contribution in [1.82, 2.24) is 0 Å². The third kappa shape index (κ3) is 9.90. The first kappa shape index (κ1) is 20.1. The molecule has 6 nitrogen and oxygen atoms in total. The van der Waals surface area contributed by atoms with Gasteiger partial charge in [-0.15, -0.1) is 0 Å². The summed E-state index contributed by atoms with van der Waals surface area (Å²) in [6, 6.07) is 0. The highest BCUT2D eigenvalue weighted by Gasteiger charge is 2.11. The average molecular weight is 312 g/mol. The van der Waals surface area contributed by atoms with Crippen LogP contribution in [0.25, 0.3) is 0 Å². The van der Waals surface area contributed by atoms with Crippen molar-refractivity contribution >= 4 is 11.9 Å². The largest absolute Gasteiger partial charge is 0.466 e. The average Bonchev–Trinajstić information content (AvgIpc) is 2.48. The van der Waals surface area contributed by atoms with E-state index in [-0.39, 0.29) is 0 Å². The second-order valence-electron chi connectivity index (χ2n) is 4.61. The Labute approximate surface area is 131 Å². The van der Waals surface area contributed by atoms with Crippen molar-refractivity contribution in [3.63, 3.8) is 0 Å². The molecule has 0 bridgehead atoms. The molecule has 0 aliphatic heterocycles. The van der Waals surface area contributed by atoms with Crippen LogP contribution in [0.3, 0.4) is 0 Å². The number of carbonyl (C=O) groups is 2. The predicted octanol–water partition coefficient (Wildman–Crippen LogP) is 1.55. The molecule has 124 valence electrons. The van der Waals surface area contributed by atoms with Crippen LogP contribution >= 0.6 is 0 Å². The molecule has 0 saturated heterocycles. The van der Waals surface area contributed by atoms with Gasteiger partial charge in [-0.25, -0.2) is 9.59 Å². The Morgan fingerprint density at radius 1 is 1.14 bits per heavy atom. The fourth-order valence-corrected chi connectivity index (χ4v) is 1.42. The van der Waals surface area contributed by atoms with E-state index < -0.39 is 24.1 Å². The minimum absolute atomic E-state index is 0.347. The molecule has 0 heterocycles. The van der Waals surface area contributed by atoms with Crippen LogP contribution in [0, 0.1) is 0 Å². The molecule has 0 fully saturated rings. The van der Waals surface area contributed by atoms with Crippen molar-refractivity contribution < 1.29 is 28.9 Å². The number of methoxy groups -OCH3 is 2. The smallest absolute Gasteiger partial charge is 0.330 e. The SMILES string of the molecule is COC(=O)/C=C/C=C/[C@@H](OCC/C(C)=C/C(=O)OC)C(C)O. The minimum Gasteiger partial charge on any atom is -0.466 e. The first-order chi connectivity index (χ1) is 10.4. The lowest BCUT2D eigenvalue weighted by atomic mass is 10.2. The Morgan fingerprint density at radius 2 is 1.77 bits per heavy atom. The predicted molar refractivity (Wildman–Crippen MR) is 82.1 cm³/mol. The van der Waals surface area contributed by atoms with E-state index in [4.69, 9.17) is 4.74 Å². The quantitative estimate of drug-likeness (QED) is 0.395. The molecule has 0 aromatic carbocycles. The monoisotopic (exact) mass is 312 g/mol. The Hall–Kier alpha value is -1.92. The first-order valence-corrected chi connectivity index (χ1v) is 6.88.